The van der Waals surface area contributed by atoms with Crippen LogP contribution in [0.25, 0.3) is 0 Å². The van der Waals surface area contributed by atoms with Crippen molar-refractivity contribution in [3.63, 3.8) is 0 Å². The number of rotatable bonds is 3. The topological polar surface area (TPSA) is 12.9 Å². The lowest BCUT2D eigenvalue weighted by Gasteiger charge is -2.10. The third-order valence-electron chi connectivity index (χ3n) is 2.61. The van der Waals surface area contributed by atoms with Crippen molar-refractivity contribution >= 4 is 0 Å². The van der Waals surface area contributed by atoms with Gasteiger partial charge in [-0.15, -0.1) is 0 Å². The van der Waals surface area contributed by atoms with Gasteiger partial charge in [0.25, 0.3) is 0 Å². The summed E-state index contributed by atoms with van der Waals surface area (Å²) >= 11 is 0. The van der Waals surface area contributed by atoms with E-state index in [1.165, 1.54) is 5.56 Å². The summed E-state index contributed by atoms with van der Waals surface area (Å²) in [6.07, 6.45) is 2.86. The summed E-state index contributed by atoms with van der Waals surface area (Å²) in [7, 11) is 0. The first kappa shape index (κ1) is 9.91. The summed E-state index contributed by atoms with van der Waals surface area (Å²) in [5.74, 6) is 0.529. The molecule has 0 fully saturated rings. The van der Waals surface area contributed by atoms with Gasteiger partial charge in [0.05, 0.1) is 0 Å². The normalized spacial score (nSPS) is 12.3. The zero-order valence-electron chi connectivity index (χ0n) is 8.93. The van der Waals surface area contributed by atoms with Crippen LogP contribution in [0.1, 0.15) is 24.1 Å². The molecule has 2 aromatic rings. The van der Waals surface area contributed by atoms with Gasteiger partial charge in [0, 0.05) is 11.9 Å². The van der Waals surface area contributed by atoms with E-state index in [2.05, 4.69) is 48.3 Å². The van der Waals surface area contributed by atoms with Crippen LogP contribution in [-0.4, -0.2) is 4.98 Å². The minimum absolute atomic E-state index is 0.529. The molecular weight excluding hydrogens is 182 g/mol. The van der Waals surface area contributed by atoms with Gasteiger partial charge in [-0.3, -0.25) is 4.98 Å². The predicted molar refractivity (Wildman–Crippen MR) is 62.8 cm³/mol. The maximum Gasteiger partial charge on any atom is 0.0409 e. The number of hydrogen-bond donors (Lipinski definition) is 0. The third-order valence-corrected chi connectivity index (χ3v) is 2.61. The van der Waals surface area contributed by atoms with Crippen molar-refractivity contribution in [2.24, 2.45) is 0 Å². The highest BCUT2D eigenvalue weighted by Crippen LogP contribution is 2.18. The second kappa shape index (κ2) is 4.74. The summed E-state index contributed by atoms with van der Waals surface area (Å²) in [6, 6.07) is 16.7. The Labute approximate surface area is 90.8 Å². The largest absolute Gasteiger partial charge is 0.261 e. The lowest BCUT2D eigenvalue weighted by atomic mass is 9.96. The van der Waals surface area contributed by atoms with Crippen LogP contribution in [0, 0.1) is 0 Å². The van der Waals surface area contributed by atoms with E-state index < -0.39 is 0 Å². The lowest BCUT2D eigenvalue weighted by Crippen LogP contribution is -1.99. The van der Waals surface area contributed by atoms with Crippen molar-refractivity contribution in [3.05, 3.63) is 66.0 Å². The molecule has 0 aliphatic heterocycles. The monoisotopic (exact) mass is 197 g/mol. The molecule has 76 valence electrons. The molecule has 15 heavy (non-hydrogen) atoms. The SMILES string of the molecule is CC(Cc1ccccn1)c1ccccc1. The fourth-order valence-electron chi connectivity index (χ4n) is 1.73. The Kier molecular flexibility index (Phi) is 3.13. The van der Waals surface area contributed by atoms with Crippen LogP contribution in [0.15, 0.2) is 54.7 Å². The highest BCUT2D eigenvalue weighted by atomic mass is 14.7. The van der Waals surface area contributed by atoms with Gasteiger partial charge in [0.2, 0.25) is 0 Å². The molecule has 0 saturated heterocycles. The Morgan fingerprint density at radius 1 is 1.00 bits per heavy atom. The molecule has 1 unspecified atom stereocenters. The molecule has 1 aromatic carbocycles. The van der Waals surface area contributed by atoms with E-state index in [0.29, 0.717) is 5.92 Å². The molecule has 1 nitrogen and oxygen atoms in total. The number of nitrogens with zero attached hydrogens (tertiary/aromatic N) is 1. The van der Waals surface area contributed by atoms with Crippen molar-refractivity contribution < 1.29 is 0 Å². The Bertz CT molecular complexity index is 394. The summed E-state index contributed by atoms with van der Waals surface area (Å²) in [5, 5.41) is 0. The summed E-state index contributed by atoms with van der Waals surface area (Å²) in [6.45, 7) is 2.24. The number of pyridine rings is 1. The second-order valence-electron chi connectivity index (χ2n) is 3.84. The Hall–Kier alpha value is -1.63. The average Bonchev–Trinajstić information content (AvgIpc) is 2.31. The Morgan fingerprint density at radius 3 is 2.40 bits per heavy atom. The van der Waals surface area contributed by atoms with Crippen molar-refractivity contribution in [1.29, 1.82) is 0 Å². The van der Waals surface area contributed by atoms with Crippen LogP contribution in [0.5, 0.6) is 0 Å². The minimum Gasteiger partial charge on any atom is -0.261 e. The average molecular weight is 197 g/mol. The van der Waals surface area contributed by atoms with Gasteiger partial charge in [-0.2, -0.15) is 0 Å². The van der Waals surface area contributed by atoms with Crippen LogP contribution in [0.3, 0.4) is 0 Å². The van der Waals surface area contributed by atoms with Gasteiger partial charge in [0.15, 0.2) is 0 Å². The van der Waals surface area contributed by atoms with Crippen molar-refractivity contribution in [1.82, 2.24) is 4.98 Å². The van der Waals surface area contributed by atoms with Crippen LogP contribution in [-0.2, 0) is 6.42 Å². The molecule has 2 rings (SSSR count). The molecule has 0 bridgehead atoms. The quantitative estimate of drug-likeness (QED) is 0.734. The highest BCUT2D eigenvalue weighted by Gasteiger charge is 2.05. The van der Waals surface area contributed by atoms with E-state index in [1.54, 1.807) is 0 Å². The first-order chi connectivity index (χ1) is 7.36. The Balaban J connectivity index is 2.08. The molecule has 0 spiro atoms. The zero-order valence-corrected chi connectivity index (χ0v) is 8.93. The van der Waals surface area contributed by atoms with Crippen LogP contribution in [0.4, 0.5) is 0 Å². The summed E-state index contributed by atoms with van der Waals surface area (Å²) in [4.78, 5) is 4.34. The van der Waals surface area contributed by atoms with Crippen LogP contribution >= 0.6 is 0 Å². The number of aromatic nitrogens is 1. The van der Waals surface area contributed by atoms with Gasteiger partial charge in [-0.1, -0.05) is 43.3 Å². The molecule has 0 radical (unpaired) electrons. The van der Waals surface area contributed by atoms with Crippen molar-refractivity contribution in [3.8, 4) is 0 Å². The molecule has 0 N–H and O–H groups in total. The smallest absolute Gasteiger partial charge is 0.0409 e. The molecule has 0 aliphatic carbocycles. The minimum atomic E-state index is 0.529. The van der Waals surface area contributed by atoms with Crippen LogP contribution < -0.4 is 0 Å². The highest BCUT2D eigenvalue weighted by molar-refractivity contribution is 5.20. The molecule has 1 heterocycles. The van der Waals surface area contributed by atoms with Crippen LogP contribution in [0.2, 0.25) is 0 Å². The first-order valence-electron chi connectivity index (χ1n) is 5.31. The third kappa shape index (κ3) is 2.66. The molecule has 0 amide bonds. The molecule has 1 aromatic heterocycles. The van der Waals surface area contributed by atoms with E-state index in [9.17, 15) is 0 Å². The number of hydrogen-bond acceptors (Lipinski definition) is 1. The molecule has 1 atom stereocenters. The van der Waals surface area contributed by atoms with Crippen molar-refractivity contribution in [2.75, 3.05) is 0 Å². The summed E-state index contributed by atoms with van der Waals surface area (Å²) in [5.41, 5.74) is 2.54. The van der Waals surface area contributed by atoms with Gasteiger partial charge >= 0.3 is 0 Å². The van der Waals surface area contributed by atoms with Gasteiger partial charge in [-0.25, -0.2) is 0 Å². The molecule has 1 heteroatoms. The van der Waals surface area contributed by atoms with Gasteiger partial charge in [-0.05, 0) is 30.0 Å². The maximum absolute atomic E-state index is 4.34. The first-order valence-corrected chi connectivity index (χ1v) is 5.31. The van der Waals surface area contributed by atoms with Gasteiger partial charge < -0.3 is 0 Å². The van der Waals surface area contributed by atoms with E-state index in [-0.39, 0.29) is 0 Å². The fourth-order valence-corrected chi connectivity index (χ4v) is 1.73. The molecule has 0 aliphatic rings. The second-order valence-corrected chi connectivity index (χ2v) is 3.84. The maximum atomic E-state index is 4.34. The fraction of sp³-hybridized carbons (Fsp3) is 0.214. The van der Waals surface area contributed by atoms with E-state index in [1.807, 2.05) is 18.3 Å². The predicted octanol–water partition coefficient (Wildman–Crippen LogP) is 3.43. The number of benzene rings is 1. The lowest BCUT2D eigenvalue weighted by molar-refractivity contribution is 0.741. The zero-order chi connectivity index (χ0) is 10.5. The van der Waals surface area contributed by atoms with E-state index >= 15 is 0 Å². The Morgan fingerprint density at radius 2 is 1.73 bits per heavy atom. The van der Waals surface area contributed by atoms with E-state index in [0.717, 1.165) is 12.1 Å². The van der Waals surface area contributed by atoms with Gasteiger partial charge in [0.1, 0.15) is 0 Å². The molecule has 0 saturated carbocycles. The van der Waals surface area contributed by atoms with E-state index in [4.69, 9.17) is 0 Å². The van der Waals surface area contributed by atoms with Crippen molar-refractivity contribution in [2.45, 2.75) is 19.3 Å². The standard InChI is InChI=1S/C14H15N/c1-12(13-7-3-2-4-8-13)11-14-9-5-6-10-15-14/h2-10,12H,11H2,1H3. The molecular formula is C14H15N. The summed E-state index contributed by atoms with van der Waals surface area (Å²) < 4.78 is 0.